The van der Waals surface area contributed by atoms with Crippen molar-refractivity contribution in [2.45, 2.75) is 297 Å². The predicted octanol–water partition coefficient (Wildman–Crippen LogP) is 20.9. The third-order valence-corrected chi connectivity index (χ3v) is 13.1. The summed E-state index contributed by atoms with van der Waals surface area (Å²) in [5, 5.41) is 0. The van der Waals surface area contributed by atoms with Crippen LogP contribution < -0.4 is 0 Å². The van der Waals surface area contributed by atoms with Crippen molar-refractivity contribution in [1.82, 2.24) is 0 Å². The number of ether oxygens (including phenoxy) is 3. The lowest BCUT2D eigenvalue weighted by atomic mass is 10.1. The summed E-state index contributed by atoms with van der Waals surface area (Å²) in [6.45, 7) is 6.47. The fraction of sp³-hybridized carbons (Fsp3) is 0.716. The maximum atomic E-state index is 12.9. The second-order valence-corrected chi connectivity index (χ2v) is 20.2. The smallest absolute Gasteiger partial charge is 0.306 e. The van der Waals surface area contributed by atoms with E-state index in [1.807, 2.05) is 6.08 Å². The van der Waals surface area contributed by atoms with E-state index in [4.69, 9.17) is 14.2 Å². The molecule has 0 aromatic rings. The van der Waals surface area contributed by atoms with E-state index in [-0.39, 0.29) is 37.5 Å². The highest BCUT2D eigenvalue weighted by Crippen LogP contribution is 2.15. The molecule has 0 saturated heterocycles. The van der Waals surface area contributed by atoms with Gasteiger partial charge in [-0.1, -0.05) is 259 Å². The van der Waals surface area contributed by atoms with E-state index in [0.717, 1.165) is 77.0 Å². The number of hydrogen-bond donors (Lipinski definition) is 0. The van der Waals surface area contributed by atoms with Gasteiger partial charge in [0, 0.05) is 19.3 Å². The first-order chi connectivity index (χ1) is 36.0. The molecule has 0 amide bonds. The van der Waals surface area contributed by atoms with Gasteiger partial charge in [0.25, 0.3) is 0 Å². The van der Waals surface area contributed by atoms with Crippen molar-refractivity contribution in [2.24, 2.45) is 0 Å². The topological polar surface area (TPSA) is 78.9 Å². The van der Waals surface area contributed by atoms with Crippen molar-refractivity contribution in [2.75, 3.05) is 13.2 Å². The van der Waals surface area contributed by atoms with Crippen LogP contribution in [0.1, 0.15) is 290 Å². The van der Waals surface area contributed by atoms with E-state index in [9.17, 15) is 14.4 Å². The molecule has 0 aliphatic heterocycles. The summed E-state index contributed by atoms with van der Waals surface area (Å²) < 4.78 is 16.8. The van der Waals surface area contributed by atoms with Crippen LogP contribution in [0.15, 0.2) is 97.2 Å². The molecule has 0 fully saturated rings. The quantitative estimate of drug-likeness (QED) is 0.0261. The molecule has 0 saturated carbocycles. The highest BCUT2D eigenvalue weighted by Gasteiger charge is 2.19. The molecule has 0 unspecified atom stereocenters. The van der Waals surface area contributed by atoms with Gasteiger partial charge >= 0.3 is 17.9 Å². The van der Waals surface area contributed by atoms with Gasteiger partial charge in [0.1, 0.15) is 13.2 Å². The molecule has 0 radical (unpaired) electrons. The molecule has 0 bridgehead atoms. The van der Waals surface area contributed by atoms with Crippen LogP contribution >= 0.6 is 0 Å². The molecular weight excluding hydrogens is 901 g/mol. The first-order valence-corrected chi connectivity index (χ1v) is 30.7. The summed E-state index contributed by atoms with van der Waals surface area (Å²) in [6, 6.07) is 0. The summed E-state index contributed by atoms with van der Waals surface area (Å²) in [6.07, 6.45) is 81.3. The molecule has 1 atom stereocenters. The molecule has 6 nitrogen and oxygen atoms in total. The molecule has 73 heavy (non-hydrogen) atoms. The molecular formula is C67H114O6. The van der Waals surface area contributed by atoms with Crippen molar-refractivity contribution in [3.63, 3.8) is 0 Å². The minimum atomic E-state index is -0.813. The monoisotopic (exact) mass is 1010 g/mol. The van der Waals surface area contributed by atoms with Gasteiger partial charge in [-0.25, -0.2) is 0 Å². The summed E-state index contributed by atoms with van der Waals surface area (Å²) >= 11 is 0. The molecule has 0 aromatic carbocycles. The largest absolute Gasteiger partial charge is 0.462 e. The molecule has 0 heterocycles. The Kier molecular flexibility index (Phi) is 57.8. The van der Waals surface area contributed by atoms with Crippen molar-refractivity contribution in [1.29, 1.82) is 0 Å². The molecule has 0 aliphatic carbocycles. The van der Waals surface area contributed by atoms with Gasteiger partial charge in [-0.2, -0.15) is 0 Å². The zero-order valence-corrected chi connectivity index (χ0v) is 47.9. The van der Waals surface area contributed by atoms with E-state index in [0.29, 0.717) is 19.3 Å². The SMILES string of the molecule is CC/C=C/C/C=C/C/C=C/C/C=C/C/C=C/C/C=C/CCC(=O)OC[C@@H](COC(=O)CCCCCCCCC/C=C/CCCCCCCC)OC(=O)CCCCCCCCCCC/C=C/CCCCCCCC. The van der Waals surface area contributed by atoms with E-state index in [2.05, 4.69) is 112 Å². The average molecular weight is 1020 g/mol. The molecule has 0 spiro atoms. The number of carbonyl (C=O) groups is 3. The van der Waals surface area contributed by atoms with Gasteiger partial charge in [0.05, 0.1) is 0 Å². The summed E-state index contributed by atoms with van der Waals surface area (Å²) in [4.78, 5) is 38.2. The van der Waals surface area contributed by atoms with E-state index in [1.165, 1.54) is 167 Å². The highest BCUT2D eigenvalue weighted by atomic mass is 16.6. The minimum absolute atomic E-state index is 0.103. The van der Waals surface area contributed by atoms with E-state index >= 15 is 0 Å². The number of unbranched alkanes of at least 4 members (excludes halogenated alkanes) is 28. The Morgan fingerprint density at radius 3 is 0.918 bits per heavy atom. The van der Waals surface area contributed by atoms with Crippen molar-refractivity contribution in [3.05, 3.63) is 97.2 Å². The molecule has 0 N–H and O–H groups in total. The van der Waals surface area contributed by atoms with Gasteiger partial charge in [-0.05, 0) is 109 Å². The summed E-state index contributed by atoms with van der Waals surface area (Å²) in [5.74, 6) is -0.990. The fourth-order valence-electron chi connectivity index (χ4n) is 8.46. The summed E-state index contributed by atoms with van der Waals surface area (Å²) in [7, 11) is 0. The second kappa shape index (κ2) is 60.9. The van der Waals surface area contributed by atoms with Gasteiger partial charge in [0.15, 0.2) is 6.10 Å². The van der Waals surface area contributed by atoms with Crippen LogP contribution in [0.5, 0.6) is 0 Å². The predicted molar refractivity (Wildman–Crippen MR) is 316 cm³/mol. The third-order valence-electron chi connectivity index (χ3n) is 13.1. The maximum Gasteiger partial charge on any atom is 0.306 e. The van der Waals surface area contributed by atoms with Crippen molar-refractivity contribution < 1.29 is 28.6 Å². The second-order valence-electron chi connectivity index (χ2n) is 20.2. The van der Waals surface area contributed by atoms with Crippen LogP contribution in [0.25, 0.3) is 0 Å². The first-order valence-electron chi connectivity index (χ1n) is 30.7. The number of esters is 3. The normalized spacial score (nSPS) is 12.8. The Morgan fingerprint density at radius 1 is 0.288 bits per heavy atom. The van der Waals surface area contributed by atoms with Crippen LogP contribution in [0.2, 0.25) is 0 Å². The maximum absolute atomic E-state index is 12.9. The average Bonchev–Trinajstić information content (AvgIpc) is 3.39. The minimum Gasteiger partial charge on any atom is -0.462 e. The Labute approximate surface area is 451 Å². The van der Waals surface area contributed by atoms with Crippen LogP contribution in [0, 0.1) is 0 Å². The zero-order valence-electron chi connectivity index (χ0n) is 47.9. The van der Waals surface area contributed by atoms with Crippen LogP contribution in [-0.4, -0.2) is 37.2 Å². The molecule has 0 rings (SSSR count). The number of hydrogen-bond acceptors (Lipinski definition) is 6. The van der Waals surface area contributed by atoms with Crippen LogP contribution in [0.4, 0.5) is 0 Å². The van der Waals surface area contributed by atoms with E-state index < -0.39 is 6.10 Å². The van der Waals surface area contributed by atoms with Gasteiger partial charge in [0.2, 0.25) is 0 Å². The van der Waals surface area contributed by atoms with Crippen LogP contribution in [-0.2, 0) is 28.6 Å². The van der Waals surface area contributed by atoms with Crippen LogP contribution in [0.3, 0.4) is 0 Å². The molecule has 6 heteroatoms. The number of rotatable bonds is 55. The number of allylic oxidation sites excluding steroid dienone is 16. The fourth-order valence-corrected chi connectivity index (χ4v) is 8.46. The van der Waals surface area contributed by atoms with Crippen molar-refractivity contribution >= 4 is 17.9 Å². The van der Waals surface area contributed by atoms with Gasteiger partial charge in [-0.15, -0.1) is 0 Å². The zero-order chi connectivity index (χ0) is 52.9. The standard InChI is InChI=1S/C67H114O6/c1-4-7-10-13-16-19-22-25-28-31-33-36-39-42-45-48-51-54-57-60-66(69)72-63-64(62-71-65(68)59-56-53-50-47-44-41-38-35-30-27-24-21-18-15-12-9-6-3)73-67(70)61-58-55-52-49-46-43-40-37-34-32-29-26-23-20-17-14-11-8-5-2/h7,10,16,19,25-30,33,36,42,45,51,54,64H,4-6,8-9,11-15,17-18,20-24,31-32,34-35,37-41,43-44,46-50,52-53,55-63H2,1-3H3/b10-7+,19-16+,28-25+,29-26+,30-27+,36-33+,45-42+,54-51+/t64-/m1/s1. The van der Waals surface area contributed by atoms with Crippen molar-refractivity contribution in [3.8, 4) is 0 Å². The lowest BCUT2D eigenvalue weighted by molar-refractivity contribution is -0.166. The Bertz CT molecular complexity index is 1440. The van der Waals surface area contributed by atoms with Gasteiger partial charge in [-0.3, -0.25) is 14.4 Å². The molecule has 0 aliphatic rings. The third kappa shape index (κ3) is 59.1. The van der Waals surface area contributed by atoms with Gasteiger partial charge < -0.3 is 14.2 Å². The lowest BCUT2D eigenvalue weighted by Gasteiger charge is -2.18. The first kappa shape index (κ1) is 69.3. The summed E-state index contributed by atoms with van der Waals surface area (Å²) in [5.41, 5.74) is 0. The Hall–Kier alpha value is -3.67. The number of carbonyl (C=O) groups excluding carboxylic acids is 3. The lowest BCUT2D eigenvalue weighted by Crippen LogP contribution is -2.30. The molecule has 418 valence electrons. The molecule has 0 aromatic heterocycles. The van der Waals surface area contributed by atoms with E-state index in [1.54, 1.807) is 0 Å². The Balaban J connectivity index is 4.49. The Morgan fingerprint density at radius 2 is 0.562 bits per heavy atom. The highest BCUT2D eigenvalue weighted by molar-refractivity contribution is 5.71.